The quantitative estimate of drug-likeness (QED) is 0.711. The predicted octanol–water partition coefficient (Wildman–Crippen LogP) is 1.64. The average Bonchev–Trinajstić information content (AvgIpc) is 2.12. The van der Waals surface area contributed by atoms with E-state index in [1.165, 1.54) is 7.11 Å². The number of benzene rings is 1. The molecule has 0 amide bonds. The average molecular weight is 248 g/mol. The van der Waals surface area contributed by atoms with Gasteiger partial charge in [0.25, 0.3) is 0 Å². The molecule has 5 heteroatoms. The van der Waals surface area contributed by atoms with Gasteiger partial charge in [-0.2, -0.15) is 0 Å². The number of hydroxylamine groups is 1. The van der Waals surface area contributed by atoms with E-state index in [1.54, 1.807) is 12.1 Å². The van der Waals surface area contributed by atoms with Crippen LogP contribution in [0.1, 0.15) is 5.56 Å². The van der Waals surface area contributed by atoms with E-state index in [1.807, 2.05) is 5.48 Å². The van der Waals surface area contributed by atoms with E-state index in [2.05, 4.69) is 15.9 Å². The number of hydrogen-bond acceptors (Lipinski definition) is 4. The zero-order valence-corrected chi connectivity index (χ0v) is 8.63. The molecule has 72 valence electrons. The Hall–Kier alpha value is -0.780. The summed E-state index contributed by atoms with van der Waals surface area (Å²) in [5.74, 6) is 0.409. The summed E-state index contributed by atoms with van der Waals surface area (Å²) in [6.45, 7) is 0.156. The topological polar surface area (TPSA) is 61.7 Å². The van der Waals surface area contributed by atoms with Crippen molar-refractivity contribution in [3.05, 3.63) is 22.2 Å². The first-order valence-electron chi connectivity index (χ1n) is 3.62. The van der Waals surface area contributed by atoms with Crippen LogP contribution in [0.25, 0.3) is 0 Å². The largest absolute Gasteiger partial charge is 0.504 e. The van der Waals surface area contributed by atoms with Crippen LogP contribution in [0.3, 0.4) is 0 Å². The highest BCUT2D eigenvalue weighted by Gasteiger charge is 2.10. The molecule has 3 N–H and O–H groups in total. The van der Waals surface area contributed by atoms with Gasteiger partial charge in [-0.05, 0) is 12.1 Å². The second-order valence-corrected chi connectivity index (χ2v) is 3.27. The van der Waals surface area contributed by atoms with Gasteiger partial charge in [0.1, 0.15) is 0 Å². The molecule has 0 aliphatic rings. The lowest BCUT2D eigenvalue weighted by Gasteiger charge is -2.09. The molecule has 0 atom stereocenters. The van der Waals surface area contributed by atoms with Crippen molar-refractivity contribution < 1.29 is 15.1 Å². The lowest BCUT2D eigenvalue weighted by Crippen LogP contribution is -2.07. The second-order valence-electron chi connectivity index (χ2n) is 2.41. The lowest BCUT2D eigenvalue weighted by atomic mass is 10.2. The highest BCUT2D eigenvalue weighted by molar-refractivity contribution is 9.10. The van der Waals surface area contributed by atoms with Gasteiger partial charge >= 0.3 is 0 Å². The molecular weight excluding hydrogens is 238 g/mol. The third-order valence-electron chi connectivity index (χ3n) is 1.66. The summed E-state index contributed by atoms with van der Waals surface area (Å²) in [5, 5.41) is 18.1. The molecule has 13 heavy (non-hydrogen) atoms. The van der Waals surface area contributed by atoms with E-state index >= 15 is 0 Å². The molecule has 1 rings (SSSR count). The van der Waals surface area contributed by atoms with E-state index in [-0.39, 0.29) is 12.3 Å². The Morgan fingerprint density at radius 3 is 2.77 bits per heavy atom. The monoisotopic (exact) mass is 247 g/mol. The number of halogens is 1. The molecule has 0 spiro atoms. The van der Waals surface area contributed by atoms with Gasteiger partial charge in [-0.15, -0.1) is 0 Å². The van der Waals surface area contributed by atoms with Gasteiger partial charge in [0, 0.05) is 10.0 Å². The van der Waals surface area contributed by atoms with Crippen LogP contribution in [0.5, 0.6) is 11.5 Å². The molecule has 0 fully saturated rings. The van der Waals surface area contributed by atoms with E-state index in [4.69, 9.17) is 9.94 Å². The van der Waals surface area contributed by atoms with Crippen LogP contribution >= 0.6 is 15.9 Å². The first kappa shape index (κ1) is 10.3. The second kappa shape index (κ2) is 4.45. The van der Waals surface area contributed by atoms with E-state index < -0.39 is 0 Å². The van der Waals surface area contributed by atoms with Gasteiger partial charge in [-0.25, -0.2) is 5.48 Å². The maximum atomic E-state index is 9.59. The maximum Gasteiger partial charge on any atom is 0.163 e. The molecule has 0 aromatic heterocycles. The first-order chi connectivity index (χ1) is 6.20. The molecule has 0 bridgehead atoms. The Kier molecular flexibility index (Phi) is 3.53. The minimum Gasteiger partial charge on any atom is -0.504 e. The van der Waals surface area contributed by atoms with E-state index in [0.717, 1.165) is 0 Å². The molecule has 0 radical (unpaired) electrons. The fraction of sp³-hybridized carbons (Fsp3) is 0.250. The zero-order chi connectivity index (χ0) is 9.84. The number of ether oxygens (including phenoxy) is 1. The highest BCUT2D eigenvalue weighted by Crippen LogP contribution is 2.34. The molecule has 0 heterocycles. The summed E-state index contributed by atoms with van der Waals surface area (Å²) in [6, 6.07) is 3.38. The molecule has 4 nitrogen and oxygen atoms in total. The number of aromatic hydroxyl groups is 1. The number of hydrogen-bond donors (Lipinski definition) is 3. The minimum atomic E-state index is 0.0263. The van der Waals surface area contributed by atoms with Gasteiger partial charge in [0.15, 0.2) is 11.5 Å². The molecule has 0 saturated heterocycles. The van der Waals surface area contributed by atoms with Crippen molar-refractivity contribution >= 4 is 15.9 Å². The third kappa shape index (κ3) is 2.12. The SMILES string of the molecule is COc1ccc(Br)c(CNO)c1O. The lowest BCUT2D eigenvalue weighted by molar-refractivity contribution is 0.159. The Labute approximate surface area is 84.2 Å². The van der Waals surface area contributed by atoms with Crippen molar-refractivity contribution in [3.8, 4) is 11.5 Å². The normalized spacial score (nSPS) is 10.1. The number of phenolic OH excluding ortho intramolecular Hbond substituents is 1. The summed E-state index contributed by atoms with van der Waals surface area (Å²) >= 11 is 3.24. The first-order valence-corrected chi connectivity index (χ1v) is 4.41. The van der Waals surface area contributed by atoms with Gasteiger partial charge in [0.05, 0.1) is 13.7 Å². The molecule has 0 aliphatic carbocycles. The van der Waals surface area contributed by atoms with Crippen LogP contribution in [-0.4, -0.2) is 17.4 Å². The standard InChI is InChI=1S/C8H10BrNO3/c1-13-7-3-2-6(9)5(4-10-12)8(7)11/h2-3,10-12H,4H2,1H3. The number of rotatable bonds is 3. The van der Waals surface area contributed by atoms with Crippen molar-refractivity contribution in [2.24, 2.45) is 0 Å². The Bertz CT molecular complexity index is 304. The third-order valence-corrected chi connectivity index (χ3v) is 2.41. The van der Waals surface area contributed by atoms with Gasteiger partial charge < -0.3 is 15.1 Å². The number of nitrogens with one attached hydrogen (secondary N) is 1. The van der Waals surface area contributed by atoms with Gasteiger partial charge in [-0.3, -0.25) is 0 Å². The van der Waals surface area contributed by atoms with E-state index in [0.29, 0.717) is 15.8 Å². The summed E-state index contributed by atoms with van der Waals surface area (Å²) in [4.78, 5) is 0. The Balaban J connectivity index is 3.13. The molecule has 0 unspecified atom stereocenters. The maximum absolute atomic E-state index is 9.59. The fourth-order valence-electron chi connectivity index (χ4n) is 1.00. The van der Waals surface area contributed by atoms with Gasteiger partial charge in [-0.1, -0.05) is 15.9 Å². The highest BCUT2D eigenvalue weighted by atomic mass is 79.9. The van der Waals surface area contributed by atoms with Crippen molar-refractivity contribution in [1.29, 1.82) is 0 Å². The van der Waals surface area contributed by atoms with Gasteiger partial charge in [0.2, 0.25) is 0 Å². The van der Waals surface area contributed by atoms with Crippen molar-refractivity contribution in [2.75, 3.05) is 7.11 Å². The smallest absolute Gasteiger partial charge is 0.163 e. The number of methoxy groups -OCH3 is 1. The number of phenols is 1. The van der Waals surface area contributed by atoms with Crippen LogP contribution in [0.4, 0.5) is 0 Å². The summed E-state index contributed by atoms with van der Waals surface area (Å²) < 4.78 is 5.62. The van der Waals surface area contributed by atoms with Crippen LogP contribution in [0.2, 0.25) is 0 Å². The van der Waals surface area contributed by atoms with Crippen LogP contribution in [0.15, 0.2) is 16.6 Å². The van der Waals surface area contributed by atoms with Crippen LogP contribution in [-0.2, 0) is 6.54 Å². The molecule has 1 aromatic rings. The van der Waals surface area contributed by atoms with Crippen LogP contribution in [0, 0.1) is 0 Å². The van der Waals surface area contributed by atoms with Crippen molar-refractivity contribution in [3.63, 3.8) is 0 Å². The zero-order valence-electron chi connectivity index (χ0n) is 7.04. The van der Waals surface area contributed by atoms with Crippen LogP contribution < -0.4 is 10.2 Å². The molecule has 0 saturated carbocycles. The van der Waals surface area contributed by atoms with Crippen molar-refractivity contribution in [2.45, 2.75) is 6.54 Å². The molecule has 1 aromatic carbocycles. The summed E-state index contributed by atoms with van der Waals surface area (Å²) in [6.07, 6.45) is 0. The molecule has 0 aliphatic heterocycles. The predicted molar refractivity (Wildman–Crippen MR) is 51.0 cm³/mol. The fourth-order valence-corrected chi connectivity index (χ4v) is 1.46. The van der Waals surface area contributed by atoms with E-state index in [9.17, 15) is 5.11 Å². The summed E-state index contributed by atoms with van der Waals surface area (Å²) in [7, 11) is 1.47. The summed E-state index contributed by atoms with van der Waals surface area (Å²) in [5.41, 5.74) is 2.53. The Morgan fingerprint density at radius 2 is 2.23 bits per heavy atom. The minimum absolute atomic E-state index is 0.0263. The Morgan fingerprint density at radius 1 is 1.54 bits per heavy atom. The molecular formula is C8H10BrNO3. The van der Waals surface area contributed by atoms with Crippen molar-refractivity contribution in [1.82, 2.24) is 5.48 Å².